The summed E-state index contributed by atoms with van der Waals surface area (Å²) in [4.78, 5) is 8.99. The zero-order valence-electron chi connectivity index (χ0n) is 9.04. The van der Waals surface area contributed by atoms with Gasteiger partial charge in [0, 0.05) is 30.9 Å². The predicted octanol–water partition coefficient (Wildman–Crippen LogP) is 2.22. The normalized spacial score (nSPS) is 16.9. The Bertz CT molecular complexity index is 401. The molecule has 88 valence electrons. The molecule has 0 radical (unpaired) electrons. The van der Waals surface area contributed by atoms with Crippen molar-refractivity contribution in [3.8, 4) is 0 Å². The van der Waals surface area contributed by atoms with Crippen LogP contribution in [0.15, 0.2) is 6.20 Å². The monoisotopic (exact) mass is 231 g/mol. The van der Waals surface area contributed by atoms with Gasteiger partial charge in [-0.25, -0.2) is 9.97 Å². The van der Waals surface area contributed by atoms with Crippen molar-refractivity contribution in [3.05, 3.63) is 23.3 Å². The van der Waals surface area contributed by atoms with Gasteiger partial charge in [0.15, 0.2) is 0 Å². The van der Waals surface area contributed by atoms with Crippen LogP contribution < -0.4 is 0 Å². The molecule has 0 unspecified atom stereocenters. The topological polar surface area (TPSA) is 29.0 Å². The number of aromatic nitrogens is 2. The van der Waals surface area contributed by atoms with Gasteiger partial charge < -0.3 is 0 Å². The maximum Gasteiger partial charge on any atom is 0.451 e. The molecular weight excluding hydrogens is 219 g/mol. The minimum atomic E-state index is -4.46. The van der Waals surface area contributed by atoms with Gasteiger partial charge in [-0.2, -0.15) is 13.2 Å². The molecular formula is C10H12F3N3. The number of halogens is 3. The molecule has 0 aliphatic carbocycles. The highest BCUT2D eigenvalue weighted by Crippen LogP contribution is 2.29. The molecule has 0 aromatic carbocycles. The fourth-order valence-corrected chi connectivity index (χ4v) is 1.68. The van der Waals surface area contributed by atoms with E-state index in [2.05, 4.69) is 14.9 Å². The largest absolute Gasteiger partial charge is 0.451 e. The Morgan fingerprint density at radius 3 is 2.56 bits per heavy atom. The van der Waals surface area contributed by atoms with Crippen LogP contribution in [0.3, 0.4) is 0 Å². The van der Waals surface area contributed by atoms with E-state index in [-0.39, 0.29) is 0 Å². The summed E-state index contributed by atoms with van der Waals surface area (Å²) in [5, 5.41) is 0. The van der Waals surface area contributed by atoms with Crippen molar-refractivity contribution < 1.29 is 13.2 Å². The third-order valence-corrected chi connectivity index (χ3v) is 2.66. The van der Waals surface area contributed by atoms with Crippen LogP contribution in [-0.2, 0) is 19.3 Å². The average Bonchev–Trinajstić information content (AvgIpc) is 2.58. The van der Waals surface area contributed by atoms with E-state index in [0.717, 1.165) is 5.56 Å². The molecule has 3 nitrogen and oxygen atoms in total. The summed E-state index contributed by atoms with van der Waals surface area (Å²) in [6, 6.07) is 0.295. The van der Waals surface area contributed by atoms with Crippen molar-refractivity contribution in [2.24, 2.45) is 0 Å². The highest BCUT2D eigenvalue weighted by Gasteiger charge is 2.36. The Kier molecular flexibility index (Phi) is 2.61. The van der Waals surface area contributed by atoms with E-state index in [0.29, 0.717) is 24.8 Å². The smallest absolute Gasteiger partial charge is 0.291 e. The summed E-state index contributed by atoms with van der Waals surface area (Å²) < 4.78 is 37.1. The Morgan fingerprint density at radius 1 is 1.31 bits per heavy atom. The molecule has 0 N–H and O–H groups in total. The van der Waals surface area contributed by atoms with E-state index < -0.39 is 12.0 Å². The predicted molar refractivity (Wildman–Crippen MR) is 51.4 cm³/mol. The Morgan fingerprint density at radius 2 is 2.00 bits per heavy atom. The second-order valence-corrected chi connectivity index (χ2v) is 4.16. The average molecular weight is 231 g/mol. The molecule has 0 amide bonds. The van der Waals surface area contributed by atoms with Gasteiger partial charge >= 0.3 is 6.18 Å². The number of rotatable bonds is 1. The Labute approximate surface area is 91.3 Å². The first-order valence-corrected chi connectivity index (χ1v) is 5.04. The molecule has 1 aliphatic rings. The van der Waals surface area contributed by atoms with Crippen molar-refractivity contribution in [1.29, 1.82) is 0 Å². The number of alkyl halides is 3. The molecule has 0 bridgehead atoms. The second-order valence-electron chi connectivity index (χ2n) is 4.16. The lowest BCUT2D eigenvalue weighted by molar-refractivity contribution is -0.145. The highest BCUT2D eigenvalue weighted by atomic mass is 19.4. The molecule has 1 aromatic heterocycles. The first kappa shape index (κ1) is 11.3. The molecule has 0 atom stereocenters. The molecule has 0 spiro atoms. The van der Waals surface area contributed by atoms with Crippen molar-refractivity contribution in [2.45, 2.75) is 39.2 Å². The van der Waals surface area contributed by atoms with Crippen molar-refractivity contribution in [2.75, 3.05) is 0 Å². The van der Waals surface area contributed by atoms with Crippen LogP contribution >= 0.6 is 0 Å². The molecule has 2 heterocycles. The highest BCUT2D eigenvalue weighted by molar-refractivity contribution is 5.22. The van der Waals surface area contributed by atoms with E-state index in [9.17, 15) is 13.2 Å². The summed E-state index contributed by atoms with van der Waals surface area (Å²) in [5.74, 6) is -1.04. The van der Waals surface area contributed by atoms with Crippen LogP contribution in [0.2, 0.25) is 0 Å². The summed E-state index contributed by atoms with van der Waals surface area (Å²) in [5.41, 5.74) is 1.29. The van der Waals surface area contributed by atoms with Crippen molar-refractivity contribution in [1.82, 2.24) is 14.9 Å². The zero-order valence-corrected chi connectivity index (χ0v) is 9.04. The molecule has 1 aromatic rings. The van der Waals surface area contributed by atoms with E-state index in [1.165, 1.54) is 6.20 Å². The Balaban J connectivity index is 2.28. The van der Waals surface area contributed by atoms with E-state index in [1.54, 1.807) is 0 Å². The standard InChI is InChI=1S/C10H12F3N3/c1-6(2)16-4-7-3-14-9(10(11,12)13)15-8(7)5-16/h3,6H,4-5H2,1-2H3. The van der Waals surface area contributed by atoms with Crippen LogP contribution in [0, 0.1) is 0 Å². The van der Waals surface area contributed by atoms with Gasteiger partial charge in [0.2, 0.25) is 5.82 Å². The van der Waals surface area contributed by atoms with Gasteiger partial charge in [0.25, 0.3) is 0 Å². The number of fused-ring (bicyclic) bond motifs is 1. The lowest BCUT2D eigenvalue weighted by atomic mass is 10.3. The van der Waals surface area contributed by atoms with Gasteiger partial charge in [-0.05, 0) is 13.8 Å². The summed E-state index contributed by atoms with van der Waals surface area (Å²) >= 11 is 0. The summed E-state index contributed by atoms with van der Waals surface area (Å²) in [6.07, 6.45) is -3.17. The molecule has 0 fully saturated rings. The van der Waals surface area contributed by atoms with Crippen LogP contribution in [0.1, 0.15) is 30.9 Å². The van der Waals surface area contributed by atoms with Crippen molar-refractivity contribution in [3.63, 3.8) is 0 Å². The lowest BCUT2D eigenvalue weighted by Crippen LogP contribution is -2.24. The third kappa shape index (κ3) is 2.02. The molecule has 16 heavy (non-hydrogen) atoms. The van der Waals surface area contributed by atoms with Crippen molar-refractivity contribution >= 4 is 0 Å². The quantitative estimate of drug-likeness (QED) is 0.742. The second kappa shape index (κ2) is 3.69. The lowest BCUT2D eigenvalue weighted by Gasteiger charge is -2.18. The minimum Gasteiger partial charge on any atom is -0.291 e. The molecule has 2 rings (SSSR count). The van der Waals surface area contributed by atoms with Gasteiger partial charge in [0.1, 0.15) is 0 Å². The maximum absolute atomic E-state index is 12.4. The number of hydrogen-bond donors (Lipinski definition) is 0. The van der Waals surface area contributed by atoms with Crippen LogP contribution in [-0.4, -0.2) is 20.9 Å². The molecule has 6 heteroatoms. The maximum atomic E-state index is 12.4. The van der Waals surface area contributed by atoms with Gasteiger partial charge in [-0.15, -0.1) is 0 Å². The van der Waals surface area contributed by atoms with Gasteiger partial charge in [-0.3, -0.25) is 4.90 Å². The summed E-state index contributed by atoms with van der Waals surface area (Å²) in [7, 11) is 0. The first-order valence-electron chi connectivity index (χ1n) is 5.04. The fourth-order valence-electron chi connectivity index (χ4n) is 1.68. The van der Waals surface area contributed by atoms with E-state index in [1.807, 2.05) is 13.8 Å². The van der Waals surface area contributed by atoms with Crippen LogP contribution in [0.25, 0.3) is 0 Å². The van der Waals surface area contributed by atoms with Crippen LogP contribution in [0.4, 0.5) is 13.2 Å². The SMILES string of the molecule is CC(C)N1Cc2cnc(C(F)(F)F)nc2C1. The number of hydrogen-bond acceptors (Lipinski definition) is 3. The van der Waals surface area contributed by atoms with E-state index in [4.69, 9.17) is 0 Å². The van der Waals surface area contributed by atoms with E-state index >= 15 is 0 Å². The molecule has 1 aliphatic heterocycles. The zero-order chi connectivity index (χ0) is 11.9. The minimum absolute atomic E-state index is 0.295. The Hall–Kier alpha value is -1.17. The van der Waals surface area contributed by atoms with Gasteiger partial charge in [-0.1, -0.05) is 0 Å². The van der Waals surface area contributed by atoms with Crippen LogP contribution in [0.5, 0.6) is 0 Å². The first-order chi connectivity index (χ1) is 7.38. The molecule has 0 saturated heterocycles. The number of nitrogens with zero attached hydrogens (tertiary/aromatic N) is 3. The third-order valence-electron chi connectivity index (χ3n) is 2.66. The fraction of sp³-hybridized carbons (Fsp3) is 0.600. The summed E-state index contributed by atoms with van der Waals surface area (Å²) in [6.45, 7) is 5.11. The van der Waals surface area contributed by atoms with Gasteiger partial charge in [0.05, 0.1) is 5.69 Å². The molecule has 0 saturated carbocycles.